The molecule has 4 aromatic rings. The Morgan fingerprint density at radius 2 is 1.68 bits per heavy atom. The minimum Gasteiger partial charge on any atom is -0.493 e. The number of rotatable bonds is 7. The Balaban J connectivity index is 1.43. The van der Waals surface area contributed by atoms with Crippen LogP contribution in [0.15, 0.2) is 96.1 Å². The number of fused-ring (bicyclic) bond motifs is 1. The highest BCUT2D eigenvalue weighted by molar-refractivity contribution is 6.07. The number of carbonyl (C=O) groups excluding carboxylic acids is 1. The first-order valence-electron chi connectivity index (χ1n) is 9.90. The molecule has 5 heteroatoms. The standard InChI is InChI=1S/C26H22N2O3/c1-30-25-16-20(14-15-24(25)31-18-19-8-3-2-4-9-19)17-27-28-26(29)23-13-7-11-21-10-5-6-12-22(21)23/h2-17H,18H2,1H3,(H,28,29). The number of amides is 1. The van der Waals surface area contributed by atoms with Gasteiger partial charge in [0.2, 0.25) is 0 Å². The maximum Gasteiger partial charge on any atom is 0.271 e. The first-order valence-corrected chi connectivity index (χ1v) is 9.90. The van der Waals surface area contributed by atoms with Crippen LogP contribution >= 0.6 is 0 Å². The molecule has 1 amide bonds. The highest BCUT2D eigenvalue weighted by atomic mass is 16.5. The third-order valence-electron chi connectivity index (χ3n) is 4.84. The Labute approximate surface area is 180 Å². The van der Waals surface area contributed by atoms with E-state index in [-0.39, 0.29) is 5.91 Å². The monoisotopic (exact) mass is 410 g/mol. The number of benzene rings is 4. The maximum atomic E-state index is 12.6. The quantitative estimate of drug-likeness (QED) is 0.337. The highest BCUT2D eigenvalue weighted by Crippen LogP contribution is 2.28. The lowest BCUT2D eigenvalue weighted by Crippen LogP contribution is -2.17. The molecule has 1 N–H and O–H groups in total. The van der Waals surface area contributed by atoms with E-state index in [9.17, 15) is 4.79 Å². The Morgan fingerprint density at radius 3 is 2.52 bits per heavy atom. The molecular formula is C26H22N2O3. The highest BCUT2D eigenvalue weighted by Gasteiger charge is 2.09. The van der Waals surface area contributed by atoms with Crippen molar-refractivity contribution >= 4 is 22.9 Å². The molecule has 4 rings (SSSR count). The number of nitrogens with one attached hydrogen (secondary N) is 1. The molecule has 31 heavy (non-hydrogen) atoms. The number of methoxy groups -OCH3 is 1. The lowest BCUT2D eigenvalue weighted by Gasteiger charge is -2.11. The summed E-state index contributed by atoms with van der Waals surface area (Å²) in [6.45, 7) is 0.450. The summed E-state index contributed by atoms with van der Waals surface area (Å²) in [4.78, 5) is 12.6. The third kappa shape index (κ3) is 4.90. The first-order chi connectivity index (χ1) is 15.2. The van der Waals surface area contributed by atoms with Gasteiger partial charge < -0.3 is 9.47 Å². The van der Waals surface area contributed by atoms with Crippen LogP contribution in [0.25, 0.3) is 10.8 Å². The van der Waals surface area contributed by atoms with Crippen LogP contribution in [-0.4, -0.2) is 19.2 Å². The summed E-state index contributed by atoms with van der Waals surface area (Å²) in [5.74, 6) is 0.978. The Hall–Kier alpha value is -4.12. The molecule has 0 unspecified atom stereocenters. The average Bonchev–Trinajstić information content (AvgIpc) is 2.83. The van der Waals surface area contributed by atoms with E-state index in [1.165, 1.54) is 0 Å². The summed E-state index contributed by atoms with van der Waals surface area (Å²) >= 11 is 0. The van der Waals surface area contributed by atoms with Gasteiger partial charge in [0.05, 0.1) is 13.3 Å². The molecule has 0 aliphatic heterocycles. The minimum atomic E-state index is -0.261. The van der Waals surface area contributed by atoms with Crippen molar-refractivity contribution in [2.45, 2.75) is 6.61 Å². The normalized spacial score (nSPS) is 10.9. The molecular weight excluding hydrogens is 388 g/mol. The second-order valence-corrected chi connectivity index (χ2v) is 6.91. The molecule has 5 nitrogen and oxygen atoms in total. The summed E-state index contributed by atoms with van der Waals surface area (Å²) in [5, 5.41) is 6.00. The zero-order valence-corrected chi connectivity index (χ0v) is 17.1. The Morgan fingerprint density at radius 1 is 0.903 bits per heavy atom. The van der Waals surface area contributed by atoms with E-state index in [4.69, 9.17) is 9.47 Å². The predicted molar refractivity (Wildman–Crippen MR) is 123 cm³/mol. The van der Waals surface area contributed by atoms with Crippen molar-refractivity contribution in [1.82, 2.24) is 5.43 Å². The fourth-order valence-corrected chi connectivity index (χ4v) is 3.27. The average molecular weight is 410 g/mol. The van der Waals surface area contributed by atoms with E-state index in [1.807, 2.05) is 84.9 Å². The van der Waals surface area contributed by atoms with E-state index < -0.39 is 0 Å². The number of carbonyl (C=O) groups is 1. The summed E-state index contributed by atoms with van der Waals surface area (Å²) in [6, 6.07) is 28.8. The summed E-state index contributed by atoms with van der Waals surface area (Å²) < 4.78 is 11.3. The van der Waals surface area contributed by atoms with Crippen LogP contribution in [0.2, 0.25) is 0 Å². The molecule has 0 radical (unpaired) electrons. The van der Waals surface area contributed by atoms with Crippen molar-refractivity contribution in [3.05, 3.63) is 108 Å². The van der Waals surface area contributed by atoms with Crippen LogP contribution in [0.5, 0.6) is 11.5 Å². The van der Waals surface area contributed by atoms with Gasteiger partial charge in [-0.05, 0) is 46.2 Å². The molecule has 0 aliphatic rings. The fraction of sp³-hybridized carbons (Fsp3) is 0.0769. The van der Waals surface area contributed by atoms with Crippen molar-refractivity contribution in [3.63, 3.8) is 0 Å². The van der Waals surface area contributed by atoms with Crippen molar-refractivity contribution in [2.75, 3.05) is 7.11 Å². The molecule has 0 bridgehead atoms. The van der Waals surface area contributed by atoms with Crippen LogP contribution in [0.4, 0.5) is 0 Å². The third-order valence-corrected chi connectivity index (χ3v) is 4.84. The SMILES string of the molecule is COc1cc(C=NNC(=O)c2cccc3ccccc23)ccc1OCc1ccccc1. The molecule has 0 spiro atoms. The van der Waals surface area contributed by atoms with Crippen molar-refractivity contribution in [1.29, 1.82) is 0 Å². The molecule has 0 heterocycles. The fourth-order valence-electron chi connectivity index (χ4n) is 3.27. The largest absolute Gasteiger partial charge is 0.493 e. The predicted octanol–water partition coefficient (Wildman–Crippen LogP) is 5.19. The van der Waals surface area contributed by atoms with Crippen LogP contribution in [0.3, 0.4) is 0 Å². The van der Waals surface area contributed by atoms with Crippen molar-refractivity contribution in [2.24, 2.45) is 5.10 Å². The van der Waals surface area contributed by atoms with E-state index in [0.29, 0.717) is 23.7 Å². The van der Waals surface area contributed by atoms with E-state index >= 15 is 0 Å². The molecule has 0 aromatic heterocycles. The molecule has 0 fully saturated rings. The maximum absolute atomic E-state index is 12.6. The van der Waals surface area contributed by atoms with Gasteiger partial charge in [0.15, 0.2) is 11.5 Å². The van der Waals surface area contributed by atoms with Gasteiger partial charge in [-0.2, -0.15) is 5.10 Å². The van der Waals surface area contributed by atoms with Crippen LogP contribution in [0, 0.1) is 0 Å². The number of hydrogen-bond donors (Lipinski definition) is 1. The molecule has 0 saturated heterocycles. The number of nitrogens with zero attached hydrogens (tertiary/aromatic N) is 1. The van der Waals surface area contributed by atoms with Gasteiger partial charge in [-0.15, -0.1) is 0 Å². The number of ether oxygens (including phenoxy) is 2. The molecule has 0 aliphatic carbocycles. The van der Waals surface area contributed by atoms with Gasteiger partial charge in [0.25, 0.3) is 5.91 Å². The van der Waals surface area contributed by atoms with E-state index in [0.717, 1.165) is 21.9 Å². The molecule has 4 aromatic carbocycles. The first kappa shape index (κ1) is 20.2. The van der Waals surface area contributed by atoms with Crippen molar-refractivity contribution in [3.8, 4) is 11.5 Å². The van der Waals surface area contributed by atoms with Gasteiger partial charge in [-0.1, -0.05) is 66.7 Å². The van der Waals surface area contributed by atoms with Gasteiger partial charge in [-0.3, -0.25) is 4.79 Å². The summed E-state index contributed by atoms with van der Waals surface area (Å²) in [7, 11) is 1.59. The van der Waals surface area contributed by atoms with Gasteiger partial charge in [0, 0.05) is 5.56 Å². The summed E-state index contributed by atoms with van der Waals surface area (Å²) in [6.07, 6.45) is 1.58. The molecule has 154 valence electrons. The Kier molecular flexibility index (Phi) is 6.24. The Bertz CT molecular complexity index is 1210. The second kappa shape index (κ2) is 9.59. The van der Waals surface area contributed by atoms with Crippen LogP contribution < -0.4 is 14.9 Å². The smallest absolute Gasteiger partial charge is 0.271 e. The van der Waals surface area contributed by atoms with Crippen molar-refractivity contribution < 1.29 is 14.3 Å². The van der Waals surface area contributed by atoms with Crippen LogP contribution in [0.1, 0.15) is 21.5 Å². The van der Waals surface area contributed by atoms with Gasteiger partial charge in [0.1, 0.15) is 6.61 Å². The second-order valence-electron chi connectivity index (χ2n) is 6.91. The minimum absolute atomic E-state index is 0.261. The van der Waals surface area contributed by atoms with E-state index in [2.05, 4.69) is 10.5 Å². The molecule has 0 atom stereocenters. The zero-order valence-electron chi connectivity index (χ0n) is 17.1. The summed E-state index contributed by atoms with van der Waals surface area (Å²) in [5.41, 5.74) is 5.03. The van der Waals surface area contributed by atoms with E-state index in [1.54, 1.807) is 19.4 Å². The zero-order chi connectivity index (χ0) is 21.5. The number of hydrogen-bond acceptors (Lipinski definition) is 4. The lowest BCUT2D eigenvalue weighted by molar-refractivity contribution is 0.0957. The topological polar surface area (TPSA) is 59.9 Å². The van der Waals surface area contributed by atoms with Crippen LogP contribution in [-0.2, 0) is 6.61 Å². The number of hydrazone groups is 1. The van der Waals surface area contributed by atoms with Gasteiger partial charge in [-0.25, -0.2) is 5.43 Å². The molecule has 0 saturated carbocycles. The lowest BCUT2D eigenvalue weighted by atomic mass is 10.0. The van der Waals surface area contributed by atoms with Gasteiger partial charge >= 0.3 is 0 Å².